The van der Waals surface area contributed by atoms with Crippen LogP contribution in [0.15, 0.2) is 41.9 Å². The molecule has 3 rings (SSSR count). The molecule has 0 fully saturated rings. The zero-order valence-electron chi connectivity index (χ0n) is 15.7. The topological polar surface area (TPSA) is 93.4 Å². The predicted molar refractivity (Wildman–Crippen MR) is 103 cm³/mol. The van der Waals surface area contributed by atoms with Crippen molar-refractivity contribution in [3.8, 4) is 0 Å². The summed E-state index contributed by atoms with van der Waals surface area (Å²) in [4.78, 5) is 14.1. The minimum Gasteiger partial charge on any atom is -0.399 e. The van der Waals surface area contributed by atoms with Crippen LogP contribution in [0, 0.1) is 0 Å². The summed E-state index contributed by atoms with van der Waals surface area (Å²) in [5, 5.41) is 4.74. The molecule has 12 heteroatoms. The third-order valence-corrected chi connectivity index (χ3v) is 5.06. The number of halogens is 5. The summed E-state index contributed by atoms with van der Waals surface area (Å²) < 4.78 is 53.0. The third-order valence-electron chi connectivity index (χ3n) is 4.65. The van der Waals surface area contributed by atoms with E-state index >= 15 is 0 Å². The molecule has 0 bridgehead atoms. The molecule has 30 heavy (non-hydrogen) atoms. The molecule has 0 atom stereocenters. The van der Waals surface area contributed by atoms with E-state index < -0.39 is 29.3 Å². The van der Waals surface area contributed by atoms with Crippen LogP contribution in [-0.2, 0) is 12.7 Å². The van der Waals surface area contributed by atoms with Crippen molar-refractivity contribution in [1.82, 2.24) is 14.7 Å². The van der Waals surface area contributed by atoms with Gasteiger partial charge in [0.2, 0.25) is 0 Å². The number of hydrazine groups is 1. The van der Waals surface area contributed by atoms with Gasteiger partial charge in [-0.2, -0.15) is 18.3 Å². The maximum Gasteiger partial charge on any atom is 0.417 e. The van der Waals surface area contributed by atoms with E-state index in [0.29, 0.717) is 11.5 Å². The van der Waals surface area contributed by atoms with Crippen LogP contribution in [0.4, 0.5) is 23.4 Å². The molecule has 1 aliphatic rings. The second-order valence-corrected chi connectivity index (χ2v) is 6.99. The molecule has 2 aromatic rings. The molecular formula is C18H19ClF4N6O. The molecule has 0 saturated heterocycles. The Morgan fingerprint density at radius 1 is 1.30 bits per heavy atom. The van der Waals surface area contributed by atoms with Gasteiger partial charge >= 0.3 is 6.18 Å². The highest BCUT2D eigenvalue weighted by atomic mass is 35.5. The van der Waals surface area contributed by atoms with Gasteiger partial charge in [-0.15, -0.1) is 0 Å². The number of rotatable bonds is 5. The van der Waals surface area contributed by atoms with Crippen molar-refractivity contribution in [2.75, 3.05) is 24.8 Å². The van der Waals surface area contributed by atoms with E-state index in [0.717, 1.165) is 12.1 Å². The molecule has 7 nitrogen and oxygen atoms in total. The number of hydrogen-bond donors (Lipinski definition) is 2. The number of carbonyl (C=O) groups is 1. The van der Waals surface area contributed by atoms with Crippen LogP contribution in [0.2, 0.25) is 5.02 Å². The Labute approximate surface area is 174 Å². The van der Waals surface area contributed by atoms with E-state index in [9.17, 15) is 22.4 Å². The highest BCUT2D eigenvalue weighted by Crippen LogP contribution is 2.36. The zero-order chi connectivity index (χ0) is 22.1. The van der Waals surface area contributed by atoms with E-state index in [-0.39, 0.29) is 37.3 Å². The number of amides is 1. The van der Waals surface area contributed by atoms with Crippen LogP contribution in [-0.4, -0.2) is 40.4 Å². The van der Waals surface area contributed by atoms with Crippen molar-refractivity contribution in [1.29, 1.82) is 0 Å². The Hall–Kier alpha value is -2.79. The van der Waals surface area contributed by atoms with Gasteiger partial charge in [0.1, 0.15) is 6.67 Å². The number of anilines is 1. The molecule has 1 aromatic heterocycles. The van der Waals surface area contributed by atoms with Gasteiger partial charge in [0, 0.05) is 30.9 Å². The summed E-state index contributed by atoms with van der Waals surface area (Å²) >= 11 is 5.85. The van der Waals surface area contributed by atoms with Crippen LogP contribution in [0.1, 0.15) is 22.3 Å². The van der Waals surface area contributed by atoms with Gasteiger partial charge in [-0.25, -0.2) is 10.2 Å². The number of benzene rings is 1. The molecule has 1 aromatic carbocycles. The second kappa shape index (κ2) is 8.52. The highest BCUT2D eigenvalue weighted by molar-refractivity contribution is 6.34. The van der Waals surface area contributed by atoms with Crippen LogP contribution in [0.25, 0.3) is 0 Å². The maximum atomic E-state index is 13.1. The first-order valence-corrected chi connectivity index (χ1v) is 9.28. The summed E-state index contributed by atoms with van der Waals surface area (Å²) in [5.74, 6) is 5.76. The van der Waals surface area contributed by atoms with Gasteiger partial charge in [0.25, 0.3) is 5.91 Å². The van der Waals surface area contributed by atoms with Gasteiger partial charge in [-0.05, 0) is 12.1 Å². The lowest BCUT2D eigenvalue weighted by Crippen LogP contribution is -2.44. The number of aryl methyl sites for hydroxylation is 1. The minimum atomic E-state index is -4.67. The minimum absolute atomic E-state index is 0.0420. The fourth-order valence-electron chi connectivity index (χ4n) is 3.14. The number of carbonyl (C=O) groups excluding carboxylic acids is 1. The molecule has 0 radical (unpaired) electrons. The van der Waals surface area contributed by atoms with Crippen molar-refractivity contribution < 1.29 is 22.4 Å². The van der Waals surface area contributed by atoms with Crippen molar-refractivity contribution in [3.05, 3.63) is 58.0 Å². The number of nitrogens with two attached hydrogens (primary N) is 2. The molecule has 0 unspecified atom stereocenters. The Kier molecular flexibility index (Phi) is 6.22. The smallest absolute Gasteiger partial charge is 0.399 e. The van der Waals surface area contributed by atoms with Crippen molar-refractivity contribution in [2.24, 2.45) is 11.6 Å². The number of aromatic nitrogens is 2. The highest BCUT2D eigenvalue weighted by Gasteiger charge is 2.35. The third kappa shape index (κ3) is 4.36. The van der Waals surface area contributed by atoms with Crippen LogP contribution in [0.5, 0.6) is 0 Å². The standard InChI is InChI=1S/C18H19ClF4N6O/c19-16-11(2-1-3-12(16)18(21,22)23)17(30)27-7-4-14(13(24)10-27)29(25)15-5-8-28(26-15)9-6-20/h1-3,5,8H,4,6-7,9-10,24-25H2. The SMILES string of the molecule is NC1=C(N(N)c2ccn(CCF)n2)CCN(C(=O)c2cccc(C(F)(F)F)c2Cl)C1. The van der Waals surface area contributed by atoms with E-state index in [1.807, 2.05) is 0 Å². The molecule has 0 aliphatic carbocycles. The molecule has 0 saturated carbocycles. The van der Waals surface area contributed by atoms with Gasteiger partial charge in [0.05, 0.1) is 34.9 Å². The summed E-state index contributed by atoms with van der Waals surface area (Å²) in [7, 11) is 0. The first kappa shape index (κ1) is 21.9. The number of nitrogens with zero attached hydrogens (tertiary/aromatic N) is 4. The fraction of sp³-hybridized carbons (Fsp3) is 0.333. The van der Waals surface area contributed by atoms with Crippen LogP contribution in [0.3, 0.4) is 0 Å². The first-order chi connectivity index (χ1) is 14.1. The Morgan fingerprint density at radius 2 is 2.03 bits per heavy atom. The van der Waals surface area contributed by atoms with Crippen LogP contribution < -0.4 is 16.6 Å². The quantitative estimate of drug-likeness (QED) is 0.418. The lowest BCUT2D eigenvalue weighted by Gasteiger charge is -2.32. The summed E-state index contributed by atoms with van der Waals surface area (Å²) in [6.07, 6.45) is -2.85. The monoisotopic (exact) mass is 446 g/mol. The molecular weight excluding hydrogens is 428 g/mol. The lowest BCUT2D eigenvalue weighted by atomic mass is 10.1. The first-order valence-electron chi connectivity index (χ1n) is 8.90. The average Bonchev–Trinajstić information content (AvgIpc) is 3.15. The molecule has 1 amide bonds. The van der Waals surface area contributed by atoms with Gasteiger partial charge in [-0.1, -0.05) is 17.7 Å². The van der Waals surface area contributed by atoms with Crippen molar-refractivity contribution in [2.45, 2.75) is 19.1 Å². The molecule has 0 spiro atoms. The Morgan fingerprint density at radius 3 is 2.67 bits per heavy atom. The molecule has 1 aliphatic heterocycles. The van der Waals surface area contributed by atoms with Crippen molar-refractivity contribution in [3.63, 3.8) is 0 Å². The molecule has 2 heterocycles. The summed E-state index contributed by atoms with van der Waals surface area (Å²) in [6.45, 7) is -0.367. The predicted octanol–water partition coefficient (Wildman–Crippen LogP) is 2.92. The summed E-state index contributed by atoms with van der Waals surface area (Å²) in [6, 6.07) is 4.78. The fourth-order valence-corrected chi connectivity index (χ4v) is 3.46. The molecule has 4 N–H and O–H groups in total. The summed E-state index contributed by atoms with van der Waals surface area (Å²) in [5.41, 5.74) is 5.53. The Balaban J connectivity index is 1.79. The zero-order valence-corrected chi connectivity index (χ0v) is 16.4. The largest absolute Gasteiger partial charge is 0.417 e. The van der Waals surface area contributed by atoms with E-state index in [1.165, 1.54) is 20.7 Å². The lowest BCUT2D eigenvalue weighted by molar-refractivity contribution is -0.137. The normalized spacial score (nSPS) is 14.9. The van der Waals surface area contributed by atoms with Crippen LogP contribution >= 0.6 is 11.6 Å². The van der Waals surface area contributed by atoms with E-state index in [1.54, 1.807) is 12.3 Å². The average molecular weight is 447 g/mol. The number of hydrogen-bond acceptors (Lipinski definition) is 5. The van der Waals surface area contributed by atoms with E-state index in [2.05, 4.69) is 5.10 Å². The number of alkyl halides is 4. The van der Waals surface area contributed by atoms with Gasteiger partial charge in [-0.3, -0.25) is 14.5 Å². The maximum absolute atomic E-state index is 13.1. The van der Waals surface area contributed by atoms with E-state index in [4.69, 9.17) is 23.2 Å². The second-order valence-electron chi connectivity index (χ2n) is 6.61. The van der Waals surface area contributed by atoms with Gasteiger partial charge < -0.3 is 10.6 Å². The van der Waals surface area contributed by atoms with Gasteiger partial charge in [0.15, 0.2) is 5.82 Å². The van der Waals surface area contributed by atoms with Crippen molar-refractivity contribution >= 4 is 23.3 Å². The molecule has 162 valence electrons. The Bertz CT molecular complexity index is 974.